The first-order valence-electron chi connectivity index (χ1n) is 7.89. The number of rotatable bonds is 4. The van der Waals surface area contributed by atoms with Gasteiger partial charge in [0.15, 0.2) is 0 Å². The zero-order valence-electron chi connectivity index (χ0n) is 13.6. The first-order chi connectivity index (χ1) is 10.9. The number of aliphatic hydroxyl groups is 1. The number of hydrogen-bond donors (Lipinski definition) is 1. The molecule has 2 rings (SSSR count). The Morgan fingerprint density at radius 1 is 1.39 bits per heavy atom. The van der Waals surface area contributed by atoms with Crippen molar-refractivity contribution in [3.05, 3.63) is 34.6 Å². The Hall–Kier alpha value is -1.17. The highest BCUT2D eigenvalue weighted by Crippen LogP contribution is 2.22. The van der Waals surface area contributed by atoms with Crippen LogP contribution in [0.5, 0.6) is 0 Å². The van der Waals surface area contributed by atoms with Gasteiger partial charge in [-0.25, -0.2) is 4.39 Å². The van der Waals surface area contributed by atoms with Crippen LogP contribution < -0.4 is 0 Å². The number of benzene rings is 1. The Morgan fingerprint density at radius 3 is 2.74 bits per heavy atom. The summed E-state index contributed by atoms with van der Waals surface area (Å²) in [5, 5.41) is 9.76. The van der Waals surface area contributed by atoms with Crippen LogP contribution in [-0.2, 0) is 11.2 Å². The molecule has 0 radical (unpaired) electrons. The number of carbonyl (C=O) groups excluding carboxylic acids is 1. The van der Waals surface area contributed by atoms with Gasteiger partial charge in [0.05, 0.1) is 6.42 Å². The number of carbonyl (C=O) groups is 1. The monoisotopic (exact) mass is 342 g/mol. The lowest BCUT2D eigenvalue weighted by atomic mass is 10.0. The standard InChI is InChI=1S/C17H24ClFN2O2/c1-20(2)15-6-3-12(11-22)9-21(10-15)17(23)7-13-4-5-14(19)8-16(13)18/h4-5,8,12,15,22H,3,6-7,9-11H2,1-2H3/t12-,15+/m0/s1. The Balaban J connectivity index is 2.11. The molecule has 1 aliphatic rings. The van der Waals surface area contributed by atoms with E-state index >= 15 is 0 Å². The van der Waals surface area contributed by atoms with Crippen molar-refractivity contribution in [1.82, 2.24) is 9.80 Å². The van der Waals surface area contributed by atoms with Crippen LogP contribution in [0, 0.1) is 11.7 Å². The lowest BCUT2D eigenvalue weighted by Gasteiger charge is -2.29. The van der Waals surface area contributed by atoms with E-state index in [-0.39, 0.29) is 35.9 Å². The van der Waals surface area contributed by atoms with Crippen molar-refractivity contribution in [3.8, 4) is 0 Å². The molecular formula is C17H24ClFN2O2. The van der Waals surface area contributed by atoms with E-state index in [1.54, 1.807) is 11.0 Å². The van der Waals surface area contributed by atoms with E-state index in [0.29, 0.717) is 18.7 Å². The van der Waals surface area contributed by atoms with E-state index in [4.69, 9.17) is 11.6 Å². The molecule has 1 saturated heterocycles. The lowest BCUT2D eigenvalue weighted by molar-refractivity contribution is -0.131. The van der Waals surface area contributed by atoms with Crippen molar-refractivity contribution in [2.24, 2.45) is 5.92 Å². The third-order valence-corrected chi connectivity index (χ3v) is 4.87. The van der Waals surface area contributed by atoms with Crippen LogP contribution in [0.25, 0.3) is 0 Å². The summed E-state index contributed by atoms with van der Waals surface area (Å²) in [4.78, 5) is 16.6. The maximum atomic E-state index is 13.1. The number of likely N-dealkylation sites (N-methyl/N-ethyl adjacent to an activating group) is 1. The number of halogens is 2. The molecule has 2 atom stereocenters. The average Bonchev–Trinajstić information content (AvgIpc) is 2.72. The summed E-state index contributed by atoms with van der Waals surface area (Å²) in [5.74, 6) is -0.340. The van der Waals surface area contributed by atoms with Crippen molar-refractivity contribution in [1.29, 1.82) is 0 Å². The maximum absolute atomic E-state index is 13.1. The molecule has 0 aromatic heterocycles. The molecule has 0 unspecified atom stereocenters. The Kier molecular flexibility index (Phi) is 6.39. The molecule has 1 amide bonds. The van der Waals surface area contributed by atoms with E-state index in [1.807, 2.05) is 14.1 Å². The Labute approximate surface area is 141 Å². The van der Waals surface area contributed by atoms with E-state index in [1.165, 1.54) is 12.1 Å². The largest absolute Gasteiger partial charge is 0.396 e. The minimum Gasteiger partial charge on any atom is -0.396 e. The van der Waals surface area contributed by atoms with Crippen molar-refractivity contribution in [2.45, 2.75) is 25.3 Å². The van der Waals surface area contributed by atoms with E-state index in [0.717, 1.165) is 12.8 Å². The molecule has 1 aromatic carbocycles. The quantitative estimate of drug-likeness (QED) is 0.912. The lowest BCUT2D eigenvalue weighted by Crippen LogP contribution is -2.43. The molecule has 0 spiro atoms. The van der Waals surface area contributed by atoms with Gasteiger partial charge < -0.3 is 14.9 Å². The summed E-state index contributed by atoms with van der Waals surface area (Å²) < 4.78 is 13.1. The second kappa shape index (κ2) is 8.08. The number of amides is 1. The van der Waals surface area contributed by atoms with Gasteiger partial charge in [-0.15, -0.1) is 0 Å². The zero-order valence-corrected chi connectivity index (χ0v) is 14.4. The maximum Gasteiger partial charge on any atom is 0.227 e. The first kappa shape index (κ1) is 18.2. The molecule has 0 aliphatic carbocycles. The summed E-state index contributed by atoms with van der Waals surface area (Å²) in [6, 6.07) is 4.38. The van der Waals surface area contributed by atoms with Crippen molar-refractivity contribution >= 4 is 17.5 Å². The molecule has 4 nitrogen and oxygen atoms in total. The van der Waals surface area contributed by atoms with Crippen LogP contribution in [0.2, 0.25) is 5.02 Å². The highest BCUT2D eigenvalue weighted by Gasteiger charge is 2.28. The van der Waals surface area contributed by atoms with E-state index in [9.17, 15) is 14.3 Å². The second-order valence-corrected chi connectivity index (χ2v) is 6.86. The van der Waals surface area contributed by atoms with Crippen LogP contribution in [0.15, 0.2) is 18.2 Å². The fourth-order valence-electron chi connectivity index (χ4n) is 2.97. The van der Waals surface area contributed by atoms with E-state index < -0.39 is 5.82 Å². The van der Waals surface area contributed by atoms with Gasteiger partial charge in [-0.2, -0.15) is 0 Å². The van der Waals surface area contributed by atoms with Gasteiger partial charge >= 0.3 is 0 Å². The van der Waals surface area contributed by atoms with Gasteiger partial charge in [0, 0.05) is 30.8 Å². The number of hydrogen-bond acceptors (Lipinski definition) is 3. The third-order valence-electron chi connectivity index (χ3n) is 4.52. The molecule has 1 aliphatic heterocycles. The minimum atomic E-state index is -0.408. The first-order valence-corrected chi connectivity index (χ1v) is 8.27. The number of likely N-dealkylation sites (tertiary alicyclic amines) is 1. The van der Waals surface area contributed by atoms with Crippen LogP contribution in [-0.4, -0.2) is 60.6 Å². The van der Waals surface area contributed by atoms with Gasteiger partial charge in [-0.05, 0) is 50.6 Å². The van der Waals surface area contributed by atoms with Gasteiger partial charge in [-0.1, -0.05) is 17.7 Å². The third kappa shape index (κ3) is 4.90. The molecule has 0 saturated carbocycles. The predicted molar refractivity (Wildman–Crippen MR) is 89.0 cm³/mol. The molecular weight excluding hydrogens is 319 g/mol. The van der Waals surface area contributed by atoms with Crippen LogP contribution in [0.3, 0.4) is 0 Å². The van der Waals surface area contributed by atoms with Crippen molar-refractivity contribution in [2.75, 3.05) is 33.8 Å². The van der Waals surface area contributed by atoms with Gasteiger partial charge in [-0.3, -0.25) is 4.79 Å². The summed E-state index contributed by atoms with van der Waals surface area (Å²) in [7, 11) is 4.01. The normalized spacial score (nSPS) is 22.3. The minimum absolute atomic E-state index is 0.0364. The number of aliphatic hydroxyl groups excluding tert-OH is 1. The Morgan fingerprint density at radius 2 is 2.13 bits per heavy atom. The molecule has 128 valence electrons. The predicted octanol–water partition coefficient (Wildman–Crippen LogP) is 2.18. The highest BCUT2D eigenvalue weighted by atomic mass is 35.5. The van der Waals surface area contributed by atoms with Gasteiger partial charge in [0.1, 0.15) is 5.82 Å². The van der Waals surface area contributed by atoms with Crippen LogP contribution in [0.4, 0.5) is 4.39 Å². The fraction of sp³-hybridized carbons (Fsp3) is 0.588. The SMILES string of the molecule is CN(C)[C@@H]1CC[C@H](CO)CN(C(=O)Cc2ccc(F)cc2Cl)C1. The molecule has 6 heteroatoms. The summed E-state index contributed by atoms with van der Waals surface area (Å²) in [5.41, 5.74) is 0.629. The average molecular weight is 343 g/mol. The molecule has 1 aromatic rings. The molecule has 23 heavy (non-hydrogen) atoms. The summed E-state index contributed by atoms with van der Waals surface area (Å²) in [6.07, 6.45) is 2.01. The van der Waals surface area contributed by atoms with Crippen molar-refractivity contribution < 1.29 is 14.3 Å². The van der Waals surface area contributed by atoms with Crippen molar-refractivity contribution in [3.63, 3.8) is 0 Å². The van der Waals surface area contributed by atoms with E-state index in [2.05, 4.69) is 4.90 Å². The summed E-state index contributed by atoms with van der Waals surface area (Å²) >= 11 is 6.02. The summed E-state index contributed by atoms with van der Waals surface area (Å²) in [6.45, 7) is 1.28. The highest BCUT2D eigenvalue weighted by molar-refractivity contribution is 6.31. The fourth-order valence-corrected chi connectivity index (χ4v) is 3.20. The second-order valence-electron chi connectivity index (χ2n) is 6.45. The van der Waals surface area contributed by atoms with Crippen LogP contribution in [0.1, 0.15) is 18.4 Å². The molecule has 0 bridgehead atoms. The van der Waals surface area contributed by atoms with Gasteiger partial charge in [0.25, 0.3) is 0 Å². The Bertz CT molecular complexity index is 553. The zero-order chi connectivity index (χ0) is 17.0. The van der Waals surface area contributed by atoms with Gasteiger partial charge in [0.2, 0.25) is 5.91 Å². The smallest absolute Gasteiger partial charge is 0.227 e. The molecule has 1 heterocycles. The van der Waals surface area contributed by atoms with Crippen LogP contribution >= 0.6 is 11.6 Å². The molecule has 1 fully saturated rings. The topological polar surface area (TPSA) is 43.8 Å². The molecule has 1 N–H and O–H groups in total. The number of nitrogens with zero attached hydrogens (tertiary/aromatic N) is 2.